The highest BCUT2D eigenvalue weighted by Crippen LogP contribution is 2.34. The van der Waals surface area contributed by atoms with Gasteiger partial charge in [0.2, 0.25) is 5.91 Å². The van der Waals surface area contributed by atoms with Gasteiger partial charge >= 0.3 is 0 Å². The Morgan fingerprint density at radius 3 is 2.81 bits per heavy atom. The molecule has 82 valence electrons. The summed E-state index contributed by atoms with van der Waals surface area (Å²) in [4.78, 5) is 13.6. The van der Waals surface area contributed by atoms with Crippen molar-refractivity contribution < 1.29 is 4.79 Å². The van der Waals surface area contributed by atoms with E-state index in [4.69, 9.17) is 5.26 Å². The van der Waals surface area contributed by atoms with Crippen LogP contribution in [0.25, 0.3) is 0 Å². The first-order valence-corrected chi connectivity index (χ1v) is 5.51. The van der Waals surface area contributed by atoms with Gasteiger partial charge in [-0.15, -0.1) is 0 Å². The summed E-state index contributed by atoms with van der Waals surface area (Å²) in [5.41, 5.74) is 0.576. The van der Waals surface area contributed by atoms with Gasteiger partial charge in [0, 0.05) is 25.2 Å². The Morgan fingerprint density at radius 2 is 2.25 bits per heavy atom. The van der Waals surface area contributed by atoms with Crippen molar-refractivity contribution in [1.29, 1.82) is 5.26 Å². The van der Waals surface area contributed by atoms with Crippen LogP contribution in [0.4, 0.5) is 0 Å². The summed E-state index contributed by atoms with van der Waals surface area (Å²) in [6, 6.07) is 2.30. The largest absolute Gasteiger partial charge is 0.338 e. The Labute approximate surface area is 93.3 Å². The lowest BCUT2D eigenvalue weighted by molar-refractivity contribution is -0.138. The molecule has 1 saturated heterocycles. The molecule has 1 aliphatic carbocycles. The molecule has 5 nitrogen and oxygen atoms in total. The standard InChI is InChI=1S/C11H12N4O/c12-3-8-4-13-15(5-8)10-6-14(7-10)11(16)9-1-2-9/h4-5,9-10H,1-2,6-7H2. The van der Waals surface area contributed by atoms with Gasteiger partial charge in [-0.1, -0.05) is 0 Å². The topological polar surface area (TPSA) is 61.9 Å². The Bertz CT molecular complexity index is 463. The fraction of sp³-hybridized carbons (Fsp3) is 0.545. The summed E-state index contributed by atoms with van der Waals surface area (Å²) in [6.07, 6.45) is 5.41. The van der Waals surface area contributed by atoms with Crippen molar-refractivity contribution in [3.8, 4) is 6.07 Å². The Hall–Kier alpha value is -1.83. The van der Waals surface area contributed by atoms with E-state index in [0.29, 0.717) is 17.4 Å². The second kappa shape index (κ2) is 3.34. The average Bonchev–Trinajstić information content (AvgIpc) is 2.97. The van der Waals surface area contributed by atoms with Crippen LogP contribution in [-0.2, 0) is 4.79 Å². The van der Waals surface area contributed by atoms with Crippen molar-refractivity contribution in [2.24, 2.45) is 5.92 Å². The van der Waals surface area contributed by atoms with Crippen LogP contribution in [0.2, 0.25) is 0 Å². The summed E-state index contributed by atoms with van der Waals surface area (Å²) in [7, 11) is 0. The molecule has 1 aliphatic heterocycles. The molecule has 0 bridgehead atoms. The van der Waals surface area contributed by atoms with Crippen LogP contribution < -0.4 is 0 Å². The molecule has 16 heavy (non-hydrogen) atoms. The molecule has 5 heteroatoms. The van der Waals surface area contributed by atoms with Gasteiger partial charge in [0.25, 0.3) is 0 Å². The number of amides is 1. The SMILES string of the molecule is N#Cc1cnn(C2CN(C(=O)C3CC3)C2)c1. The quantitative estimate of drug-likeness (QED) is 0.725. The number of nitrogens with zero attached hydrogens (tertiary/aromatic N) is 4. The highest BCUT2D eigenvalue weighted by molar-refractivity contribution is 5.81. The number of hydrogen-bond donors (Lipinski definition) is 0. The van der Waals surface area contributed by atoms with Gasteiger partial charge in [0.1, 0.15) is 6.07 Å². The predicted molar refractivity (Wildman–Crippen MR) is 55.3 cm³/mol. The molecule has 0 spiro atoms. The van der Waals surface area contributed by atoms with Gasteiger partial charge in [0.05, 0.1) is 17.8 Å². The number of aromatic nitrogens is 2. The molecule has 0 unspecified atom stereocenters. The summed E-state index contributed by atoms with van der Waals surface area (Å²) in [5, 5.41) is 12.8. The van der Waals surface area contributed by atoms with Gasteiger partial charge in [-0.25, -0.2) is 0 Å². The summed E-state index contributed by atoms with van der Waals surface area (Å²) < 4.78 is 1.79. The van der Waals surface area contributed by atoms with E-state index in [1.165, 1.54) is 0 Å². The molecule has 2 heterocycles. The zero-order valence-electron chi connectivity index (χ0n) is 8.83. The first-order chi connectivity index (χ1) is 7.78. The van der Waals surface area contributed by atoms with E-state index in [2.05, 4.69) is 5.10 Å². The molecule has 0 radical (unpaired) electrons. The molecule has 2 aliphatic rings. The first-order valence-electron chi connectivity index (χ1n) is 5.51. The van der Waals surface area contributed by atoms with Crippen molar-refractivity contribution in [3.63, 3.8) is 0 Å². The van der Waals surface area contributed by atoms with Crippen LogP contribution in [0.1, 0.15) is 24.4 Å². The van der Waals surface area contributed by atoms with E-state index >= 15 is 0 Å². The molecule has 0 aromatic carbocycles. The second-order valence-electron chi connectivity index (χ2n) is 4.49. The molecule has 2 fully saturated rings. The Kier molecular flexibility index (Phi) is 1.96. The fourth-order valence-corrected chi connectivity index (χ4v) is 1.99. The number of carbonyl (C=O) groups excluding carboxylic acids is 1. The van der Waals surface area contributed by atoms with Crippen molar-refractivity contribution >= 4 is 5.91 Å². The van der Waals surface area contributed by atoms with Crippen LogP contribution in [0.5, 0.6) is 0 Å². The average molecular weight is 216 g/mol. The highest BCUT2D eigenvalue weighted by Gasteiger charge is 2.39. The van der Waals surface area contributed by atoms with Crippen LogP contribution >= 0.6 is 0 Å². The second-order valence-corrected chi connectivity index (χ2v) is 4.49. The smallest absolute Gasteiger partial charge is 0.225 e. The predicted octanol–water partition coefficient (Wildman–Crippen LogP) is 0.548. The van der Waals surface area contributed by atoms with E-state index in [1.807, 2.05) is 11.0 Å². The molecule has 1 aromatic rings. The summed E-state index contributed by atoms with van der Waals surface area (Å²) in [6.45, 7) is 1.48. The number of nitriles is 1. The van der Waals surface area contributed by atoms with Crippen molar-refractivity contribution in [1.82, 2.24) is 14.7 Å². The molecule has 1 aromatic heterocycles. The van der Waals surface area contributed by atoms with Crippen molar-refractivity contribution in [3.05, 3.63) is 18.0 Å². The minimum atomic E-state index is 0.254. The summed E-state index contributed by atoms with van der Waals surface area (Å²) in [5.74, 6) is 0.595. The molecule has 3 rings (SSSR count). The van der Waals surface area contributed by atoms with Crippen molar-refractivity contribution in [2.45, 2.75) is 18.9 Å². The number of likely N-dealkylation sites (tertiary alicyclic amines) is 1. The maximum Gasteiger partial charge on any atom is 0.225 e. The van der Waals surface area contributed by atoms with Crippen LogP contribution in [-0.4, -0.2) is 33.7 Å². The van der Waals surface area contributed by atoms with Crippen molar-refractivity contribution in [2.75, 3.05) is 13.1 Å². The van der Waals surface area contributed by atoms with Crippen LogP contribution in [0, 0.1) is 17.2 Å². The summed E-state index contributed by atoms with van der Waals surface area (Å²) >= 11 is 0. The molecule has 0 atom stereocenters. The van der Waals surface area contributed by atoms with Crippen LogP contribution in [0.15, 0.2) is 12.4 Å². The normalized spacial score (nSPS) is 20.3. The zero-order valence-corrected chi connectivity index (χ0v) is 8.83. The van der Waals surface area contributed by atoms with Gasteiger partial charge in [-0.2, -0.15) is 10.4 Å². The van der Waals surface area contributed by atoms with Gasteiger partial charge < -0.3 is 4.90 Å². The molecule has 0 N–H and O–H groups in total. The Balaban J connectivity index is 1.60. The lowest BCUT2D eigenvalue weighted by atomic mass is 10.1. The minimum Gasteiger partial charge on any atom is -0.338 e. The molecular weight excluding hydrogens is 204 g/mol. The molecule has 1 saturated carbocycles. The zero-order chi connectivity index (χ0) is 11.1. The third-order valence-electron chi connectivity index (χ3n) is 3.21. The van der Waals surface area contributed by atoms with Gasteiger partial charge in [-0.05, 0) is 12.8 Å². The maximum atomic E-state index is 11.7. The first kappa shape index (κ1) is 9.40. The van der Waals surface area contributed by atoms with Crippen LogP contribution in [0.3, 0.4) is 0 Å². The van der Waals surface area contributed by atoms with E-state index in [1.54, 1.807) is 17.1 Å². The van der Waals surface area contributed by atoms with E-state index in [0.717, 1.165) is 25.9 Å². The Morgan fingerprint density at radius 1 is 1.50 bits per heavy atom. The number of hydrogen-bond acceptors (Lipinski definition) is 3. The monoisotopic (exact) mass is 216 g/mol. The molecule has 1 amide bonds. The lowest BCUT2D eigenvalue weighted by Gasteiger charge is -2.39. The number of carbonyl (C=O) groups is 1. The van der Waals surface area contributed by atoms with E-state index in [-0.39, 0.29) is 6.04 Å². The maximum absolute atomic E-state index is 11.7. The highest BCUT2D eigenvalue weighted by atomic mass is 16.2. The minimum absolute atomic E-state index is 0.254. The third kappa shape index (κ3) is 1.47. The van der Waals surface area contributed by atoms with E-state index in [9.17, 15) is 4.79 Å². The fourth-order valence-electron chi connectivity index (χ4n) is 1.99. The lowest BCUT2D eigenvalue weighted by Crippen LogP contribution is -2.51. The van der Waals surface area contributed by atoms with Gasteiger partial charge in [-0.3, -0.25) is 9.48 Å². The number of rotatable bonds is 2. The third-order valence-corrected chi connectivity index (χ3v) is 3.21. The molecular formula is C11H12N4O. The van der Waals surface area contributed by atoms with Gasteiger partial charge in [0.15, 0.2) is 0 Å². The van der Waals surface area contributed by atoms with E-state index < -0.39 is 0 Å².